The Morgan fingerprint density at radius 3 is 2.30 bits per heavy atom. The van der Waals surface area contributed by atoms with Crippen molar-refractivity contribution in [1.82, 2.24) is 9.71 Å². The molecule has 1 aromatic heterocycles. The van der Waals surface area contributed by atoms with Crippen LogP contribution in [0.2, 0.25) is 0 Å². The van der Waals surface area contributed by atoms with Gasteiger partial charge < -0.3 is 5.32 Å². The van der Waals surface area contributed by atoms with Gasteiger partial charge in [-0.15, -0.1) is 0 Å². The highest BCUT2D eigenvalue weighted by molar-refractivity contribution is 7.89. The minimum absolute atomic E-state index is 0.0801. The summed E-state index contributed by atoms with van der Waals surface area (Å²) in [7, 11) is -3.50. The zero-order valence-corrected chi connectivity index (χ0v) is 13.5. The molecule has 1 unspecified atom stereocenters. The third kappa shape index (κ3) is 4.45. The molecule has 0 fully saturated rings. The summed E-state index contributed by atoms with van der Waals surface area (Å²) in [6.07, 6.45) is 3.30. The molecule has 1 atom stereocenters. The Labute approximate surface area is 122 Å². The standard InChI is InChI=1S/C14H25N3O2S/c1-5-12(6-2)11(4)17-20(18,19)13-8-9-14(15-7-3)16-10-13/h8-12,17H,5-7H2,1-4H3,(H,15,16). The van der Waals surface area contributed by atoms with E-state index in [0.29, 0.717) is 11.7 Å². The number of rotatable bonds is 8. The lowest BCUT2D eigenvalue weighted by molar-refractivity contribution is 0.390. The Kier molecular flexibility index (Phi) is 6.42. The molecule has 0 aliphatic carbocycles. The fraction of sp³-hybridized carbons (Fsp3) is 0.643. The van der Waals surface area contributed by atoms with Crippen LogP contribution in [0.15, 0.2) is 23.2 Å². The molecule has 114 valence electrons. The predicted molar refractivity (Wildman–Crippen MR) is 82.3 cm³/mol. The van der Waals surface area contributed by atoms with E-state index in [4.69, 9.17) is 0 Å². The van der Waals surface area contributed by atoms with E-state index in [2.05, 4.69) is 28.9 Å². The van der Waals surface area contributed by atoms with Crippen LogP contribution in [0.1, 0.15) is 40.5 Å². The van der Waals surface area contributed by atoms with Gasteiger partial charge in [-0.05, 0) is 31.9 Å². The molecule has 0 saturated heterocycles. The number of aromatic nitrogens is 1. The van der Waals surface area contributed by atoms with Crippen molar-refractivity contribution in [3.8, 4) is 0 Å². The van der Waals surface area contributed by atoms with E-state index in [0.717, 1.165) is 19.4 Å². The van der Waals surface area contributed by atoms with Crippen LogP contribution in [-0.4, -0.2) is 26.0 Å². The van der Waals surface area contributed by atoms with Crippen LogP contribution < -0.4 is 10.0 Å². The summed E-state index contributed by atoms with van der Waals surface area (Å²) >= 11 is 0. The van der Waals surface area contributed by atoms with Gasteiger partial charge in [0.1, 0.15) is 10.7 Å². The smallest absolute Gasteiger partial charge is 0.242 e. The van der Waals surface area contributed by atoms with Gasteiger partial charge in [-0.1, -0.05) is 26.7 Å². The van der Waals surface area contributed by atoms with E-state index < -0.39 is 10.0 Å². The van der Waals surface area contributed by atoms with Crippen LogP contribution >= 0.6 is 0 Å². The average molecular weight is 299 g/mol. The maximum atomic E-state index is 12.3. The first-order chi connectivity index (χ1) is 9.44. The molecule has 0 spiro atoms. The number of hydrogen-bond acceptors (Lipinski definition) is 4. The molecule has 1 aromatic rings. The van der Waals surface area contributed by atoms with E-state index in [1.807, 2.05) is 13.8 Å². The predicted octanol–water partition coefficient (Wildman–Crippen LogP) is 2.62. The lowest BCUT2D eigenvalue weighted by Gasteiger charge is -2.22. The van der Waals surface area contributed by atoms with Gasteiger partial charge in [0.25, 0.3) is 0 Å². The summed E-state index contributed by atoms with van der Waals surface area (Å²) in [5.74, 6) is 1.03. The summed E-state index contributed by atoms with van der Waals surface area (Å²) in [4.78, 5) is 4.30. The number of nitrogens with one attached hydrogen (secondary N) is 2. The van der Waals surface area contributed by atoms with Crippen molar-refractivity contribution in [1.29, 1.82) is 0 Å². The molecule has 0 bridgehead atoms. The van der Waals surface area contributed by atoms with E-state index in [-0.39, 0.29) is 10.9 Å². The highest BCUT2D eigenvalue weighted by atomic mass is 32.2. The molecule has 6 heteroatoms. The van der Waals surface area contributed by atoms with Crippen LogP contribution in [0, 0.1) is 5.92 Å². The summed E-state index contributed by atoms with van der Waals surface area (Å²) in [5, 5.41) is 3.04. The van der Waals surface area contributed by atoms with Crippen molar-refractivity contribution in [2.45, 2.75) is 51.5 Å². The third-order valence-corrected chi connectivity index (χ3v) is 5.05. The third-order valence-electron chi connectivity index (χ3n) is 3.50. The van der Waals surface area contributed by atoms with Crippen LogP contribution in [0.5, 0.6) is 0 Å². The topological polar surface area (TPSA) is 71.1 Å². The van der Waals surface area contributed by atoms with E-state index in [1.54, 1.807) is 12.1 Å². The summed E-state index contributed by atoms with van der Waals surface area (Å²) in [6, 6.07) is 3.18. The fourth-order valence-electron chi connectivity index (χ4n) is 2.23. The molecule has 0 aliphatic rings. The highest BCUT2D eigenvalue weighted by Gasteiger charge is 2.22. The monoisotopic (exact) mass is 299 g/mol. The lowest BCUT2D eigenvalue weighted by Crippen LogP contribution is -2.37. The van der Waals surface area contributed by atoms with E-state index >= 15 is 0 Å². The quantitative estimate of drug-likeness (QED) is 0.774. The SMILES string of the molecule is CCNc1ccc(S(=O)(=O)NC(C)C(CC)CC)cn1. The molecule has 5 nitrogen and oxygen atoms in total. The van der Waals surface area contributed by atoms with Crippen molar-refractivity contribution in [3.63, 3.8) is 0 Å². The minimum atomic E-state index is -3.50. The van der Waals surface area contributed by atoms with Gasteiger partial charge in [-0.2, -0.15) is 0 Å². The van der Waals surface area contributed by atoms with E-state index in [9.17, 15) is 8.42 Å². The minimum Gasteiger partial charge on any atom is -0.370 e. The van der Waals surface area contributed by atoms with Crippen LogP contribution in [0.3, 0.4) is 0 Å². The number of nitrogens with zero attached hydrogens (tertiary/aromatic N) is 1. The van der Waals surface area contributed by atoms with Crippen LogP contribution in [0.4, 0.5) is 5.82 Å². The molecular formula is C14H25N3O2S. The Hall–Kier alpha value is -1.14. The van der Waals surface area contributed by atoms with E-state index in [1.165, 1.54) is 6.20 Å². The van der Waals surface area contributed by atoms with Gasteiger partial charge in [0.15, 0.2) is 0 Å². The first-order valence-corrected chi connectivity index (χ1v) is 8.65. The van der Waals surface area contributed by atoms with Crippen molar-refractivity contribution in [3.05, 3.63) is 18.3 Å². The Morgan fingerprint density at radius 2 is 1.85 bits per heavy atom. The Morgan fingerprint density at radius 1 is 1.20 bits per heavy atom. The zero-order valence-electron chi connectivity index (χ0n) is 12.7. The second-order valence-corrected chi connectivity index (χ2v) is 6.61. The van der Waals surface area contributed by atoms with Gasteiger partial charge in [-0.3, -0.25) is 0 Å². The number of sulfonamides is 1. The molecule has 0 aliphatic heterocycles. The van der Waals surface area contributed by atoms with Gasteiger partial charge in [0.2, 0.25) is 10.0 Å². The Balaban J connectivity index is 2.82. The largest absolute Gasteiger partial charge is 0.370 e. The first kappa shape index (κ1) is 16.9. The Bertz CT molecular complexity index is 496. The maximum Gasteiger partial charge on any atom is 0.242 e. The van der Waals surface area contributed by atoms with Crippen LogP contribution in [0.25, 0.3) is 0 Å². The molecule has 20 heavy (non-hydrogen) atoms. The summed E-state index contributed by atoms with van der Waals surface area (Å²) in [6.45, 7) is 8.78. The molecule has 0 saturated carbocycles. The fourth-order valence-corrected chi connectivity index (χ4v) is 3.49. The number of anilines is 1. The molecule has 0 radical (unpaired) electrons. The summed E-state index contributed by atoms with van der Waals surface area (Å²) < 4.78 is 27.3. The molecule has 1 heterocycles. The van der Waals surface area contributed by atoms with Crippen molar-refractivity contribution in [2.24, 2.45) is 5.92 Å². The number of hydrogen-bond donors (Lipinski definition) is 2. The molecular weight excluding hydrogens is 274 g/mol. The second kappa shape index (κ2) is 7.59. The zero-order chi connectivity index (χ0) is 15.2. The molecule has 0 amide bonds. The average Bonchev–Trinajstić information content (AvgIpc) is 2.40. The molecule has 1 rings (SSSR count). The number of pyridine rings is 1. The molecule has 2 N–H and O–H groups in total. The maximum absolute atomic E-state index is 12.3. The van der Waals surface area contributed by atoms with Gasteiger partial charge >= 0.3 is 0 Å². The molecule has 0 aromatic carbocycles. The first-order valence-electron chi connectivity index (χ1n) is 7.16. The van der Waals surface area contributed by atoms with Crippen molar-refractivity contribution in [2.75, 3.05) is 11.9 Å². The van der Waals surface area contributed by atoms with Gasteiger partial charge in [0, 0.05) is 18.8 Å². The highest BCUT2D eigenvalue weighted by Crippen LogP contribution is 2.16. The van der Waals surface area contributed by atoms with Crippen molar-refractivity contribution < 1.29 is 8.42 Å². The van der Waals surface area contributed by atoms with Gasteiger partial charge in [-0.25, -0.2) is 18.1 Å². The van der Waals surface area contributed by atoms with Gasteiger partial charge in [0.05, 0.1) is 0 Å². The van der Waals surface area contributed by atoms with Crippen molar-refractivity contribution >= 4 is 15.8 Å². The second-order valence-electron chi connectivity index (χ2n) is 4.90. The van der Waals surface area contributed by atoms with Crippen LogP contribution in [-0.2, 0) is 10.0 Å². The lowest BCUT2D eigenvalue weighted by atomic mass is 9.96. The normalized spacial score (nSPS) is 13.4. The summed E-state index contributed by atoms with van der Waals surface area (Å²) in [5.41, 5.74) is 0.